The van der Waals surface area contributed by atoms with E-state index >= 15 is 0 Å². The summed E-state index contributed by atoms with van der Waals surface area (Å²) in [5.74, 6) is -0.361. The third-order valence-corrected chi connectivity index (χ3v) is 3.17. The molecule has 0 aliphatic carbocycles. The van der Waals surface area contributed by atoms with Crippen LogP contribution in [0.2, 0.25) is 0 Å². The van der Waals surface area contributed by atoms with Crippen molar-refractivity contribution >= 4 is 17.7 Å². The van der Waals surface area contributed by atoms with E-state index < -0.39 is 10.9 Å². The van der Waals surface area contributed by atoms with Gasteiger partial charge in [0.05, 0.1) is 12.0 Å². The lowest BCUT2D eigenvalue weighted by Gasteiger charge is -2.11. The fraction of sp³-hybridized carbons (Fsp3) is 0.118. The maximum absolute atomic E-state index is 11.0. The topological polar surface area (TPSA) is 98.9 Å². The Morgan fingerprint density at radius 3 is 2.67 bits per heavy atom. The van der Waals surface area contributed by atoms with Gasteiger partial charge in [-0.05, 0) is 29.8 Å². The second-order valence-corrected chi connectivity index (χ2v) is 4.76. The third kappa shape index (κ3) is 4.33. The number of rotatable bonds is 7. The normalized spacial score (nSPS) is 10.5. The van der Waals surface area contributed by atoms with Gasteiger partial charge in [-0.15, -0.1) is 0 Å². The van der Waals surface area contributed by atoms with Crippen molar-refractivity contribution in [2.24, 2.45) is 0 Å². The molecule has 0 radical (unpaired) electrons. The smallest absolute Gasteiger partial charge is 0.328 e. The number of aliphatic carboxylic acids is 1. The summed E-state index contributed by atoms with van der Waals surface area (Å²) in [5.41, 5.74) is 1.17. The van der Waals surface area contributed by atoms with Crippen molar-refractivity contribution in [1.82, 2.24) is 0 Å². The average molecular weight is 329 g/mol. The molecule has 0 fully saturated rings. The van der Waals surface area contributed by atoms with E-state index in [1.165, 1.54) is 25.3 Å². The fourth-order valence-corrected chi connectivity index (χ4v) is 2.07. The first-order valence-corrected chi connectivity index (χ1v) is 6.95. The van der Waals surface area contributed by atoms with E-state index in [0.29, 0.717) is 16.9 Å². The zero-order valence-electron chi connectivity index (χ0n) is 12.8. The zero-order chi connectivity index (χ0) is 17.5. The Morgan fingerprint density at radius 1 is 1.25 bits per heavy atom. The van der Waals surface area contributed by atoms with Crippen molar-refractivity contribution in [3.05, 3.63) is 69.8 Å². The molecule has 0 unspecified atom stereocenters. The van der Waals surface area contributed by atoms with Crippen LogP contribution < -0.4 is 9.47 Å². The van der Waals surface area contributed by atoms with Gasteiger partial charge < -0.3 is 14.6 Å². The first-order valence-electron chi connectivity index (χ1n) is 6.95. The zero-order valence-corrected chi connectivity index (χ0v) is 12.8. The monoisotopic (exact) mass is 329 g/mol. The minimum Gasteiger partial charge on any atom is -0.496 e. The average Bonchev–Trinajstić information content (AvgIpc) is 2.58. The van der Waals surface area contributed by atoms with E-state index in [9.17, 15) is 14.9 Å². The van der Waals surface area contributed by atoms with Crippen LogP contribution in [-0.2, 0) is 11.4 Å². The van der Waals surface area contributed by atoms with E-state index in [-0.39, 0.29) is 18.0 Å². The maximum atomic E-state index is 11.0. The SMILES string of the molecule is COc1ccc(C=CC(=O)O)cc1COc1ccccc1[N+](=O)[O-]. The summed E-state index contributed by atoms with van der Waals surface area (Å²) in [5, 5.41) is 19.7. The number of nitro groups is 1. The highest BCUT2D eigenvalue weighted by atomic mass is 16.6. The van der Waals surface area contributed by atoms with Crippen LogP contribution in [0.4, 0.5) is 5.69 Å². The second kappa shape index (κ2) is 7.77. The number of para-hydroxylation sites is 2. The molecule has 1 N–H and O–H groups in total. The van der Waals surface area contributed by atoms with Crippen LogP contribution in [0.5, 0.6) is 11.5 Å². The molecular formula is C17H15NO6. The standard InChI is InChI=1S/C17H15NO6/c1-23-15-8-6-12(7-9-17(19)20)10-13(15)11-24-16-5-3-2-4-14(16)18(21)22/h2-10H,11H2,1H3,(H,19,20). The Morgan fingerprint density at radius 2 is 2.00 bits per heavy atom. The fourth-order valence-electron chi connectivity index (χ4n) is 2.07. The molecule has 7 heteroatoms. The number of hydrogen-bond donors (Lipinski definition) is 1. The van der Waals surface area contributed by atoms with Crippen molar-refractivity contribution in [3.8, 4) is 11.5 Å². The number of hydrogen-bond acceptors (Lipinski definition) is 5. The van der Waals surface area contributed by atoms with Crippen molar-refractivity contribution in [2.75, 3.05) is 7.11 Å². The van der Waals surface area contributed by atoms with Crippen LogP contribution in [0.15, 0.2) is 48.5 Å². The van der Waals surface area contributed by atoms with Crippen molar-refractivity contribution in [3.63, 3.8) is 0 Å². The lowest BCUT2D eigenvalue weighted by atomic mass is 10.1. The highest BCUT2D eigenvalue weighted by Crippen LogP contribution is 2.28. The molecule has 2 aromatic carbocycles. The quantitative estimate of drug-likeness (QED) is 0.475. The van der Waals surface area contributed by atoms with Crippen LogP contribution in [0, 0.1) is 10.1 Å². The highest BCUT2D eigenvalue weighted by Gasteiger charge is 2.14. The second-order valence-electron chi connectivity index (χ2n) is 4.76. The van der Waals surface area contributed by atoms with Gasteiger partial charge in [-0.1, -0.05) is 18.2 Å². The summed E-state index contributed by atoms with van der Waals surface area (Å²) in [4.78, 5) is 21.1. The Balaban J connectivity index is 2.24. The summed E-state index contributed by atoms with van der Waals surface area (Å²) in [6.07, 6.45) is 2.46. The molecule has 124 valence electrons. The molecule has 24 heavy (non-hydrogen) atoms. The summed E-state index contributed by atoms with van der Waals surface area (Å²) >= 11 is 0. The van der Waals surface area contributed by atoms with Crippen LogP contribution in [0.3, 0.4) is 0 Å². The van der Waals surface area contributed by atoms with Gasteiger partial charge in [-0.3, -0.25) is 10.1 Å². The number of nitro benzene ring substituents is 1. The molecule has 0 aliphatic heterocycles. The first kappa shape index (κ1) is 17.0. The van der Waals surface area contributed by atoms with E-state index in [2.05, 4.69) is 0 Å². The van der Waals surface area contributed by atoms with Crippen LogP contribution in [0.25, 0.3) is 6.08 Å². The van der Waals surface area contributed by atoms with Crippen molar-refractivity contribution in [2.45, 2.75) is 6.61 Å². The van der Waals surface area contributed by atoms with Gasteiger partial charge >= 0.3 is 11.7 Å². The Hall–Kier alpha value is -3.35. The van der Waals surface area contributed by atoms with Crippen molar-refractivity contribution in [1.29, 1.82) is 0 Å². The predicted molar refractivity (Wildman–Crippen MR) is 87.1 cm³/mol. The molecular weight excluding hydrogens is 314 g/mol. The highest BCUT2D eigenvalue weighted by molar-refractivity contribution is 5.85. The van der Waals surface area contributed by atoms with E-state index in [1.54, 1.807) is 30.3 Å². The van der Waals surface area contributed by atoms with E-state index in [1.807, 2.05) is 0 Å². The first-order chi connectivity index (χ1) is 11.5. The van der Waals surface area contributed by atoms with Gasteiger partial charge in [0.25, 0.3) is 0 Å². The number of nitrogens with zero attached hydrogens (tertiary/aromatic N) is 1. The molecule has 7 nitrogen and oxygen atoms in total. The molecule has 0 amide bonds. The van der Waals surface area contributed by atoms with Gasteiger partial charge in [0, 0.05) is 17.7 Å². The van der Waals surface area contributed by atoms with E-state index in [0.717, 1.165) is 6.08 Å². The number of methoxy groups -OCH3 is 1. The van der Waals surface area contributed by atoms with Gasteiger partial charge in [0.2, 0.25) is 0 Å². The molecule has 0 saturated carbocycles. The number of carbonyl (C=O) groups is 1. The van der Waals surface area contributed by atoms with Crippen LogP contribution in [-0.4, -0.2) is 23.1 Å². The number of benzene rings is 2. The minimum atomic E-state index is -1.05. The Bertz CT molecular complexity index is 784. The molecule has 0 aromatic heterocycles. The lowest BCUT2D eigenvalue weighted by Crippen LogP contribution is -2.01. The van der Waals surface area contributed by atoms with Gasteiger partial charge in [0.15, 0.2) is 5.75 Å². The molecule has 0 heterocycles. The minimum absolute atomic E-state index is 0.0444. The third-order valence-electron chi connectivity index (χ3n) is 3.17. The molecule has 2 aromatic rings. The molecule has 0 saturated heterocycles. The van der Waals surface area contributed by atoms with Crippen LogP contribution >= 0.6 is 0 Å². The molecule has 0 aliphatic rings. The molecule has 0 spiro atoms. The van der Waals surface area contributed by atoms with Gasteiger partial charge in [-0.25, -0.2) is 4.79 Å². The molecule has 0 bridgehead atoms. The Kier molecular flexibility index (Phi) is 5.51. The van der Waals surface area contributed by atoms with Crippen LogP contribution in [0.1, 0.15) is 11.1 Å². The van der Waals surface area contributed by atoms with Crippen molar-refractivity contribution < 1.29 is 24.3 Å². The van der Waals surface area contributed by atoms with Gasteiger partial charge in [-0.2, -0.15) is 0 Å². The lowest BCUT2D eigenvalue weighted by molar-refractivity contribution is -0.385. The number of carboxylic acids is 1. The number of carboxylic acid groups (broad SMARTS) is 1. The Labute approximate surface area is 137 Å². The van der Waals surface area contributed by atoms with Gasteiger partial charge in [0.1, 0.15) is 12.4 Å². The summed E-state index contributed by atoms with van der Waals surface area (Å²) in [6, 6.07) is 11.2. The molecule has 2 rings (SSSR count). The largest absolute Gasteiger partial charge is 0.496 e. The predicted octanol–water partition coefficient (Wildman–Crippen LogP) is 3.28. The summed E-state index contributed by atoms with van der Waals surface area (Å²) in [7, 11) is 1.50. The van der Waals surface area contributed by atoms with E-state index in [4.69, 9.17) is 14.6 Å². The maximum Gasteiger partial charge on any atom is 0.328 e. The number of ether oxygens (including phenoxy) is 2. The summed E-state index contributed by atoms with van der Waals surface area (Å²) in [6.45, 7) is 0.0444. The molecule has 0 atom stereocenters. The summed E-state index contributed by atoms with van der Waals surface area (Å²) < 4.78 is 10.8.